The highest BCUT2D eigenvalue weighted by molar-refractivity contribution is 6.35. The molecule has 1 saturated heterocycles. The van der Waals surface area contributed by atoms with Gasteiger partial charge in [-0.1, -0.05) is 35.3 Å². The number of ether oxygens (including phenoxy) is 1. The number of halogens is 3. The molecular formula is C19H19Cl2FN2O. The first-order chi connectivity index (χ1) is 12.1. The molecule has 0 saturated carbocycles. The number of fused-ring (bicyclic) bond motifs is 1. The number of hydrogen-bond donors (Lipinski definition) is 1. The predicted octanol–water partition coefficient (Wildman–Crippen LogP) is 4.08. The maximum Gasteiger partial charge on any atom is 0.165 e. The molecule has 1 aliphatic carbocycles. The van der Waals surface area contributed by atoms with Gasteiger partial charge in [0.05, 0.1) is 6.04 Å². The summed E-state index contributed by atoms with van der Waals surface area (Å²) in [5, 5.41) is 4.59. The number of nitrogens with one attached hydrogen (secondary N) is 1. The molecule has 0 spiro atoms. The largest absolute Gasteiger partial charge is 0.481 e. The lowest BCUT2D eigenvalue weighted by Gasteiger charge is -2.36. The van der Waals surface area contributed by atoms with E-state index < -0.39 is 0 Å². The lowest BCUT2D eigenvalue weighted by molar-refractivity contribution is 0.0668. The minimum absolute atomic E-state index is 0.118. The molecule has 4 rings (SSSR count). The molecule has 1 fully saturated rings. The molecule has 132 valence electrons. The zero-order chi connectivity index (χ0) is 17.4. The zero-order valence-corrected chi connectivity index (χ0v) is 15.2. The van der Waals surface area contributed by atoms with Crippen molar-refractivity contribution in [3.05, 3.63) is 63.4 Å². The van der Waals surface area contributed by atoms with Gasteiger partial charge >= 0.3 is 0 Å². The van der Waals surface area contributed by atoms with Gasteiger partial charge in [-0.15, -0.1) is 0 Å². The number of rotatable bonds is 3. The molecule has 0 aromatic heterocycles. The summed E-state index contributed by atoms with van der Waals surface area (Å²) in [6, 6.07) is 10.3. The standard InChI is InChI=1S/C19H19Cl2FN2O/c20-12-9-14-13(15(21)10-12)11-17(24-7-5-23-6-8-24)19(14)25-18-4-2-1-3-16(18)22/h1-4,9-10,17,19,23H,5-8,11H2/t17-,19-/m0/s1. The van der Waals surface area contributed by atoms with Gasteiger partial charge in [-0.25, -0.2) is 4.39 Å². The monoisotopic (exact) mass is 380 g/mol. The lowest BCUT2D eigenvalue weighted by atomic mass is 10.1. The van der Waals surface area contributed by atoms with Crippen molar-refractivity contribution in [2.75, 3.05) is 26.2 Å². The number of nitrogens with zero attached hydrogens (tertiary/aromatic N) is 1. The molecule has 2 aliphatic rings. The smallest absolute Gasteiger partial charge is 0.165 e. The molecule has 3 nitrogen and oxygen atoms in total. The topological polar surface area (TPSA) is 24.5 Å². The Morgan fingerprint density at radius 3 is 2.64 bits per heavy atom. The van der Waals surface area contributed by atoms with E-state index >= 15 is 0 Å². The van der Waals surface area contributed by atoms with Crippen LogP contribution < -0.4 is 10.1 Å². The van der Waals surface area contributed by atoms with E-state index in [1.165, 1.54) is 6.07 Å². The molecule has 2 atom stereocenters. The van der Waals surface area contributed by atoms with E-state index in [4.69, 9.17) is 27.9 Å². The third-order valence-corrected chi connectivity index (χ3v) is 5.53. The average Bonchev–Trinajstić information content (AvgIpc) is 2.97. The van der Waals surface area contributed by atoms with E-state index in [1.807, 2.05) is 6.07 Å². The van der Waals surface area contributed by atoms with Gasteiger partial charge in [0.1, 0.15) is 6.10 Å². The highest BCUT2D eigenvalue weighted by Crippen LogP contribution is 2.42. The highest BCUT2D eigenvalue weighted by atomic mass is 35.5. The van der Waals surface area contributed by atoms with Crippen LogP contribution in [0.5, 0.6) is 5.75 Å². The Morgan fingerprint density at radius 1 is 1.12 bits per heavy atom. The SMILES string of the molecule is Fc1ccccc1O[C@H]1c2cc(Cl)cc(Cl)c2C[C@@H]1N1CCNCC1. The van der Waals surface area contributed by atoms with E-state index in [2.05, 4.69) is 10.2 Å². The molecule has 1 aliphatic heterocycles. The Morgan fingerprint density at radius 2 is 1.88 bits per heavy atom. The first-order valence-corrected chi connectivity index (χ1v) is 9.23. The fourth-order valence-electron chi connectivity index (χ4n) is 3.77. The van der Waals surface area contributed by atoms with Gasteiger partial charge in [0.25, 0.3) is 0 Å². The van der Waals surface area contributed by atoms with Crippen molar-refractivity contribution in [2.45, 2.75) is 18.6 Å². The van der Waals surface area contributed by atoms with Crippen LogP contribution in [-0.4, -0.2) is 37.1 Å². The second-order valence-electron chi connectivity index (χ2n) is 6.48. The quantitative estimate of drug-likeness (QED) is 0.867. The molecule has 0 bridgehead atoms. The first kappa shape index (κ1) is 17.1. The van der Waals surface area contributed by atoms with Crippen molar-refractivity contribution in [1.29, 1.82) is 0 Å². The molecule has 1 N–H and O–H groups in total. The van der Waals surface area contributed by atoms with Crippen LogP contribution in [0.2, 0.25) is 10.0 Å². The van der Waals surface area contributed by atoms with Crippen molar-refractivity contribution in [2.24, 2.45) is 0 Å². The van der Waals surface area contributed by atoms with Crippen LogP contribution in [-0.2, 0) is 6.42 Å². The summed E-state index contributed by atoms with van der Waals surface area (Å²) in [4.78, 5) is 2.40. The molecule has 6 heteroatoms. The maximum atomic E-state index is 14.1. The van der Waals surface area contributed by atoms with E-state index in [0.29, 0.717) is 10.0 Å². The minimum Gasteiger partial charge on any atom is -0.481 e. The van der Waals surface area contributed by atoms with E-state index in [-0.39, 0.29) is 23.7 Å². The zero-order valence-electron chi connectivity index (χ0n) is 13.6. The first-order valence-electron chi connectivity index (χ1n) is 8.47. The van der Waals surface area contributed by atoms with Crippen LogP contribution in [0.3, 0.4) is 0 Å². The van der Waals surface area contributed by atoms with Crippen LogP contribution in [0.15, 0.2) is 36.4 Å². The molecule has 0 unspecified atom stereocenters. The molecule has 1 heterocycles. The van der Waals surface area contributed by atoms with Gasteiger partial charge in [-0.3, -0.25) is 4.90 Å². The van der Waals surface area contributed by atoms with Crippen LogP contribution in [0.1, 0.15) is 17.2 Å². The van der Waals surface area contributed by atoms with E-state index in [0.717, 1.165) is 43.7 Å². The van der Waals surface area contributed by atoms with Crippen LogP contribution >= 0.6 is 23.2 Å². The van der Waals surface area contributed by atoms with Crippen LogP contribution in [0, 0.1) is 5.82 Å². The number of benzene rings is 2. The summed E-state index contributed by atoms with van der Waals surface area (Å²) in [6.45, 7) is 3.74. The van der Waals surface area contributed by atoms with Gasteiger partial charge in [-0.2, -0.15) is 0 Å². The summed E-state index contributed by atoms with van der Waals surface area (Å²) >= 11 is 12.7. The van der Waals surface area contributed by atoms with Gasteiger partial charge in [-0.05, 0) is 36.2 Å². The summed E-state index contributed by atoms with van der Waals surface area (Å²) in [7, 11) is 0. The number of hydrogen-bond acceptors (Lipinski definition) is 3. The summed E-state index contributed by atoms with van der Waals surface area (Å²) in [6.07, 6.45) is 0.492. The van der Waals surface area contributed by atoms with Gasteiger partial charge in [0, 0.05) is 41.8 Å². The van der Waals surface area contributed by atoms with Crippen LogP contribution in [0.4, 0.5) is 4.39 Å². The third kappa shape index (κ3) is 3.36. The highest BCUT2D eigenvalue weighted by Gasteiger charge is 2.40. The number of para-hydroxylation sites is 1. The van der Waals surface area contributed by atoms with Crippen molar-refractivity contribution >= 4 is 23.2 Å². The Hall–Kier alpha value is -1.33. The third-order valence-electron chi connectivity index (χ3n) is 4.98. The molecule has 2 aromatic rings. The number of piperazine rings is 1. The fraction of sp³-hybridized carbons (Fsp3) is 0.368. The Bertz CT molecular complexity index is 780. The van der Waals surface area contributed by atoms with E-state index in [1.54, 1.807) is 24.3 Å². The fourth-order valence-corrected chi connectivity index (χ4v) is 4.36. The van der Waals surface area contributed by atoms with Crippen molar-refractivity contribution in [1.82, 2.24) is 10.2 Å². The van der Waals surface area contributed by atoms with E-state index in [9.17, 15) is 4.39 Å². The van der Waals surface area contributed by atoms with Gasteiger partial charge in [0.2, 0.25) is 0 Å². The van der Waals surface area contributed by atoms with Gasteiger partial charge < -0.3 is 10.1 Å². The Balaban J connectivity index is 1.72. The van der Waals surface area contributed by atoms with Crippen LogP contribution in [0.25, 0.3) is 0 Å². The summed E-state index contributed by atoms with van der Waals surface area (Å²) in [5.74, 6) is -0.0975. The molecule has 2 aromatic carbocycles. The summed E-state index contributed by atoms with van der Waals surface area (Å²) in [5.41, 5.74) is 2.01. The molecule has 0 amide bonds. The second kappa shape index (κ2) is 7.12. The average molecular weight is 381 g/mol. The Kier molecular flexibility index (Phi) is 4.87. The lowest BCUT2D eigenvalue weighted by Crippen LogP contribution is -2.50. The molecule has 25 heavy (non-hydrogen) atoms. The minimum atomic E-state index is -0.358. The maximum absolute atomic E-state index is 14.1. The summed E-state index contributed by atoms with van der Waals surface area (Å²) < 4.78 is 20.3. The second-order valence-corrected chi connectivity index (χ2v) is 7.33. The van der Waals surface area contributed by atoms with Crippen molar-refractivity contribution in [3.8, 4) is 5.75 Å². The molecular weight excluding hydrogens is 362 g/mol. The normalized spacial score (nSPS) is 23.5. The van der Waals surface area contributed by atoms with Gasteiger partial charge in [0.15, 0.2) is 11.6 Å². The van der Waals surface area contributed by atoms with Crippen molar-refractivity contribution in [3.63, 3.8) is 0 Å². The van der Waals surface area contributed by atoms with Crippen molar-refractivity contribution < 1.29 is 9.13 Å². The molecule has 0 radical (unpaired) electrons. The Labute approximate surface area is 156 Å². The predicted molar refractivity (Wildman–Crippen MR) is 98.2 cm³/mol.